The van der Waals surface area contributed by atoms with Gasteiger partial charge in [-0.25, -0.2) is 0 Å². The van der Waals surface area contributed by atoms with Crippen LogP contribution in [0.3, 0.4) is 0 Å². The summed E-state index contributed by atoms with van der Waals surface area (Å²) in [5, 5.41) is 0. The number of nitrogens with zero attached hydrogens (tertiary/aromatic N) is 1. The maximum absolute atomic E-state index is 3.28. The van der Waals surface area contributed by atoms with E-state index >= 15 is 0 Å². The molecule has 0 aromatic carbocycles. The second-order valence-electron chi connectivity index (χ2n) is 1.35. The van der Waals surface area contributed by atoms with Crippen LogP contribution in [0.4, 0.5) is 0 Å². The van der Waals surface area contributed by atoms with Crippen molar-refractivity contribution < 1.29 is 0 Å². The number of hydrogen-bond donors (Lipinski definition) is 0. The zero-order chi connectivity index (χ0) is 5.11. The lowest BCUT2D eigenvalue weighted by molar-refractivity contribution is 0.714. The van der Waals surface area contributed by atoms with Crippen molar-refractivity contribution in [3.05, 3.63) is 24.4 Å². The Morgan fingerprint density at radius 2 is 2.29 bits per heavy atom. The Balaban J connectivity index is 2.49. The van der Waals surface area contributed by atoms with E-state index in [0.717, 1.165) is 6.54 Å². The molecule has 38 valence electrons. The second-order valence-corrected chi connectivity index (χ2v) is 2.26. The van der Waals surface area contributed by atoms with E-state index in [1.54, 1.807) is 0 Å². The van der Waals surface area contributed by atoms with Crippen molar-refractivity contribution in [3.63, 3.8) is 0 Å². The molecule has 0 saturated heterocycles. The van der Waals surface area contributed by atoms with Gasteiger partial charge in [-0.3, -0.25) is 0 Å². The van der Waals surface area contributed by atoms with Crippen LogP contribution < -0.4 is 0 Å². The lowest BCUT2D eigenvalue weighted by Crippen LogP contribution is -2.03. The average Bonchev–Trinajstić information content (AvgIpc) is 1.69. The minimum atomic E-state index is 0.969. The zero-order valence-corrected chi connectivity index (χ0v) is 5.43. The Morgan fingerprint density at radius 1 is 1.43 bits per heavy atom. The maximum atomic E-state index is 3.28. The van der Waals surface area contributed by atoms with Crippen LogP contribution in [0.5, 0.6) is 0 Å². The molecule has 1 aliphatic heterocycles. The van der Waals surface area contributed by atoms with Crippen LogP contribution in [-0.4, -0.2) is 10.5 Å². The minimum absolute atomic E-state index is 0.969. The zero-order valence-electron chi connectivity index (χ0n) is 3.84. The molecule has 0 unspecified atom stereocenters. The third kappa shape index (κ3) is 1.35. The highest BCUT2D eigenvalue weighted by Gasteiger charge is 1.88. The Morgan fingerprint density at radius 3 is 2.57 bits per heavy atom. The van der Waals surface area contributed by atoms with Crippen molar-refractivity contribution in [2.45, 2.75) is 0 Å². The van der Waals surface area contributed by atoms with Gasteiger partial charge in [0.1, 0.15) is 0 Å². The molecule has 0 amide bonds. The normalized spacial score (nSPS) is 18.1. The van der Waals surface area contributed by atoms with Crippen LogP contribution >= 0.6 is 16.1 Å². The molecule has 1 rings (SSSR count). The number of rotatable bonds is 0. The monoisotopic (exact) mass is 159 g/mol. The lowest BCUT2D eigenvalue weighted by atomic mass is 10.4. The first kappa shape index (κ1) is 4.91. The van der Waals surface area contributed by atoms with Crippen LogP contribution in [0, 0.1) is 0 Å². The van der Waals surface area contributed by atoms with Gasteiger partial charge in [0.25, 0.3) is 0 Å². The highest BCUT2D eigenvalue weighted by Crippen LogP contribution is 2.02. The Labute approximate surface area is 51.7 Å². The molecule has 0 N–H and O–H groups in total. The van der Waals surface area contributed by atoms with Crippen LogP contribution in [-0.2, 0) is 0 Å². The van der Waals surface area contributed by atoms with Gasteiger partial charge in [0.2, 0.25) is 0 Å². The first-order valence-electron chi connectivity index (χ1n) is 2.15. The maximum Gasteiger partial charge on any atom is 0.0494 e. The fourth-order valence-electron chi connectivity index (χ4n) is 0.444. The predicted molar refractivity (Wildman–Crippen MR) is 33.9 cm³/mol. The van der Waals surface area contributed by atoms with E-state index in [4.69, 9.17) is 0 Å². The molecular weight excluding hydrogens is 154 g/mol. The van der Waals surface area contributed by atoms with Crippen LogP contribution in [0.25, 0.3) is 0 Å². The molecule has 1 aliphatic rings. The van der Waals surface area contributed by atoms with Crippen LogP contribution in [0.1, 0.15) is 0 Å². The summed E-state index contributed by atoms with van der Waals surface area (Å²) in [7, 11) is 0. The molecule has 0 spiro atoms. The highest BCUT2D eigenvalue weighted by molar-refractivity contribution is 9.07. The topological polar surface area (TPSA) is 3.24 Å². The number of halogens is 1. The predicted octanol–water partition coefficient (Wildman–Crippen LogP) is 1.68. The first-order chi connectivity index (χ1) is 3.39. The molecule has 0 aliphatic carbocycles. The van der Waals surface area contributed by atoms with Gasteiger partial charge in [-0.2, -0.15) is 0 Å². The average molecular weight is 160 g/mol. The van der Waals surface area contributed by atoms with Crippen molar-refractivity contribution in [1.82, 2.24) is 3.93 Å². The van der Waals surface area contributed by atoms with Crippen molar-refractivity contribution in [1.29, 1.82) is 0 Å². The summed E-state index contributed by atoms with van der Waals surface area (Å²) in [6.45, 7) is 0.969. The first-order valence-corrected chi connectivity index (χ1v) is 2.86. The van der Waals surface area contributed by atoms with E-state index in [2.05, 4.69) is 22.2 Å². The fraction of sp³-hybridized carbons (Fsp3) is 0.200. The standard InChI is InChI=1S/C5H6BrN/c6-7-4-2-1-3-5-7/h1-4H,5H2. The summed E-state index contributed by atoms with van der Waals surface area (Å²) in [4.78, 5) is 0. The van der Waals surface area contributed by atoms with Gasteiger partial charge in [0, 0.05) is 28.9 Å². The molecule has 0 saturated carbocycles. The molecule has 0 aromatic rings. The van der Waals surface area contributed by atoms with Gasteiger partial charge >= 0.3 is 0 Å². The number of hydrogen-bond acceptors (Lipinski definition) is 1. The summed E-state index contributed by atoms with van der Waals surface area (Å²) < 4.78 is 1.94. The van der Waals surface area contributed by atoms with Gasteiger partial charge in [-0.1, -0.05) is 12.2 Å². The molecule has 0 aromatic heterocycles. The molecule has 0 atom stereocenters. The van der Waals surface area contributed by atoms with Gasteiger partial charge in [-0.15, -0.1) is 0 Å². The third-order valence-electron chi connectivity index (χ3n) is 0.775. The molecule has 0 fully saturated rings. The molecule has 0 radical (unpaired) electrons. The summed E-state index contributed by atoms with van der Waals surface area (Å²) in [5.74, 6) is 0. The summed E-state index contributed by atoms with van der Waals surface area (Å²) >= 11 is 3.28. The summed E-state index contributed by atoms with van der Waals surface area (Å²) in [6.07, 6.45) is 8.06. The van der Waals surface area contributed by atoms with Crippen molar-refractivity contribution in [3.8, 4) is 0 Å². The quantitative estimate of drug-likeness (QED) is 0.487. The van der Waals surface area contributed by atoms with Gasteiger partial charge in [-0.05, 0) is 6.08 Å². The van der Waals surface area contributed by atoms with E-state index in [-0.39, 0.29) is 0 Å². The smallest absolute Gasteiger partial charge is 0.0494 e. The lowest BCUT2D eigenvalue weighted by Gasteiger charge is -2.08. The van der Waals surface area contributed by atoms with E-state index in [1.165, 1.54) is 0 Å². The molecular formula is C5H6BrN. The Kier molecular flexibility index (Phi) is 1.52. The van der Waals surface area contributed by atoms with Gasteiger partial charge in [0.15, 0.2) is 0 Å². The van der Waals surface area contributed by atoms with Crippen LogP contribution in [0.2, 0.25) is 0 Å². The Hall–Kier alpha value is -0.240. The van der Waals surface area contributed by atoms with Crippen molar-refractivity contribution >= 4 is 16.1 Å². The molecule has 2 heteroatoms. The van der Waals surface area contributed by atoms with E-state index in [0.29, 0.717) is 0 Å². The largest absolute Gasteiger partial charge is 0.312 e. The Bertz CT molecular complexity index is 107. The molecule has 0 bridgehead atoms. The highest BCUT2D eigenvalue weighted by atomic mass is 79.9. The van der Waals surface area contributed by atoms with Crippen molar-refractivity contribution in [2.24, 2.45) is 0 Å². The van der Waals surface area contributed by atoms with E-state index in [1.807, 2.05) is 22.3 Å². The van der Waals surface area contributed by atoms with E-state index in [9.17, 15) is 0 Å². The summed E-state index contributed by atoms with van der Waals surface area (Å²) in [6, 6.07) is 0. The molecule has 1 heterocycles. The SMILES string of the molecule is BrN1C=CC=CC1. The van der Waals surface area contributed by atoms with Gasteiger partial charge in [0.05, 0.1) is 0 Å². The van der Waals surface area contributed by atoms with Crippen LogP contribution in [0.15, 0.2) is 24.4 Å². The molecule has 1 nitrogen and oxygen atoms in total. The number of allylic oxidation sites excluding steroid dienone is 2. The fourth-order valence-corrected chi connectivity index (χ4v) is 0.748. The third-order valence-corrected chi connectivity index (χ3v) is 1.30. The van der Waals surface area contributed by atoms with Crippen molar-refractivity contribution in [2.75, 3.05) is 6.54 Å². The minimum Gasteiger partial charge on any atom is -0.312 e. The van der Waals surface area contributed by atoms with E-state index < -0.39 is 0 Å². The summed E-state index contributed by atoms with van der Waals surface area (Å²) in [5.41, 5.74) is 0. The van der Waals surface area contributed by atoms with Gasteiger partial charge < -0.3 is 3.93 Å². The molecule has 7 heavy (non-hydrogen) atoms. The second kappa shape index (κ2) is 2.17.